The van der Waals surface area contributed by atoms with E-state index in [1.54, 1.807) is 0 Å². The fraction of sp³-hybridized carbons (Fsp3) is 0.833. The zero-order chi connectivity index (χ0) is 7.07. The van der Waals surface area contributed by atoms with E-state index < -0.39 is 6.09 Å². The summed E-state index contributed by atoms with van der Waals surface area (Å²) in [7, 11) is 0. The monoisotopic (exact) mass is 128 g/mol. The molecule has 0 aromatic carbocycles. The molecule has 3 nitrogen and oxygen atoms in total. The molecule has 1 fully saturated rings. The lowest BCUT2D eigenvalue weighted by Crippen LogP contribution is -2.54. The Bertz CT molecular complexity index is 134. The number of amides is 1. The zero-order valence-corrected chi connectivity index (χ0v) is 5.68. The number of hydrogen-bond acceptors (Lipinski definition) is 1. The Morgan fingerprint density at radius 1 is 1.44 bits per heavy atom. The molecule has 0 aliphatic carbocycles. The number of carbonyl (C=O) groups is 1. The van der Waals surface area contributed by atoms with E-state index in [2.05, 4.69) is 0 Å². The van der Waals surface area contributed by atoms with Crippen molar-refractivity contribution in [2.24, 2.45) is 5.41 Å². The van der Waals surface area contributed by atoms with Crippen LogP contribution in [0, 0.1) is 5.41 Å². The third kappa shape index (κ3) is 1.15. The van der Waals surface area contributed by atoms with Crippen LogP contribution in [0.5, 0.6) is 0 Å². The van der Waals surface area contributed by atoms with E-state index in [0.717, 1.165) is 0 Å². The molecule has 1 rings (SSSR count). The first-order valence-electron chi connectivity index (χ1n) is 2.97. The minimum Gasteiger partial charge on any atom is -0.304 e. The van der Waals surface area contributed by atoms with Gasteiger partial charge in [0.2, 0.25) is 0 Å². The topological polar surface area (TPSA) is 40.2 Å². The zero-order valence-electron chi connectivity index (χ0n) is 5.68. The van der Waals surface area contributed by atoms with Gasteiger partial charge in [0.1, 0.15) is 0 Å². The van der Waals surface area contributed by atoms with Gasteiger partial charge in [0.25, 0.3) is 0 Å². The predicted octanol–water partition coefficient (Wildman–Crippen LogP) is 0.879. The van der Waals surface area contributed by atoms with Crippen LogP contribution >= 0.6 is 0 Å². The maximum atomic E-state index is 10.1. The third-order valence-corrected chi connectivity index (χ3v) is 1.50. The van der Waals surface area contributed by atoms with E-state index in [9.17, 15) is 9.90 Å². The highest BCUT2D eigenvalue weighted by molar-refractivity contribution is 5.65. The molecule has 9 heavy (non-hydrogen) atoms. The van der Waals surface area contributed by atoms with Crippen molar-refractivity contribution in [2.45, 2.75) is 13.8 Å². The van der Waals surface area contributed by atoms with Gasteiger partial charge < -0.3 is 4.90 Å². The smallest absolute Gasteiger partial charge is 0.304 e. The number of nitrogens with zero attached hydrogens (tertiary/aromatic N) is 1. The summed E-state index contributed by atoms with van der Waals surface area (Å²) in [5.74, 6) is 0. The van der Waals surface area contributed by atoms with Crippen LogP contribution in [0.2, 0.25) is 0 Å². The van der Waals surface area contributed by atoms with Crippen molar-refractivity contribution in [3.63, 3.8) is 0 Å². The molecule has 3 heteroatoms. The number of hydrogen-bond donors (Lipinski definition) is 0. The molecule has 0 atom stereocenters. The number of rotatable bonds is 0. The van der Waals surface area contributed by atoms with Gasteiger partial charge in [0.15, 0.2) is 0 Å². The fourth-order valence-electron chi connectivity index (χ4n) is 1.12. The van der Waals surface area contributed by atoms with Crippen molar-refractivity contribution < 1.29 is 9.90 Å². The summed E-state index contributed by atoms with van der Waals surface area (Å²) in [5, 5.41) is 10.1. The molecule has 1 aliphatic rings. The molecule has 0 aromatic heterocycles. The van der Waals surface area contributed by atoms with E-state index in [4.69, 9.17) is 0 Å². The first-order chi connectivity index (χ1) is 4.01. The fourth-order valence-corrected chi connectivity index (χ4v) is 1.12. The molecule has 0 unspecified atom stereocenters. The van der Waals surface area contributed by atoms with E-state index >= 15 is 0 Å². The van der Waals surface area contributed by atoms with Gasteiger partial charge in [-0.15, -0.1) is 0 Å². The van der Waals surface area contributed by atoms with Gasteiger partial charge in [-0.3, -0.25) is 0 Å². The summed E-state index contributed by atoms with van der Waals surface area (Å²) >= 11 is 0. The average Bonchev–Trinajstić information content (AvgIpc) is 1.59. The van der Waals surface area contributed by atoms with Crippen LogP contribution in [0.15, 0.2) is 0 Å². The summed E-state index contributed by atoms with van der Waals surface area (Å²) in [4.78, 5) is 11.4. The van der Waals surface area contributed by atoms with Crippen molar-refractivity contribution in [1.29, 1.82) is 0 Å². The van der Waals surface area contributed by atoms with E-state index in [-0.39, 0.29) is 5.41 Å². The van der Waals surface area contributed by atoms with Gasteiger partial charge in [0, 0.05) is 18.5 Å². The van der Waals surface area contributed by atoms with Crippen molar-refractivity contribution in [3.05, 3.63) is 0 Å². The first kappa shape index (κ1) is 6.39. The van der Waals surface area contributed by atoms with Crippen LogP contribution in [0.25, 0.3) is 0 Å². The molecule has 0 bridgehead atoms. The number of likely N-dealkylation sites (tertiary alicyclic amines) is 1. The second-order valence-corrected chi connectivity index (χ2v) is 3.29. The lowest BCUT2D eigenvalue weighted by molar-refractivity contribution is 0.0227. The molecule has 0 saturated carbocycles. The van der Waals surface area contributed by atoms with E-state index in [1.165, 1.54) is 4.90 Å². The molecule has 1 radical (unpaired) electrons. The average molecular weight is 128 g/mol. The molecule has 1 amide bonds. The van der Waals surface area contributed by atoms with Gasteiger partial charge in [0.05, 0.1) is 0 Å². The second kappa shape index (κ2) is 1.62. The van der Waals surface area contributed by atoms with Crippen molar-refractivity contribution in [1.82, 2.24) is 4.90 Å². The predicted molar refractivity (Wildman–Crippen MR) is 31.4 cm³/mol. The maximum absolute atomic E-state index is 10.1. The SMILES string of the molecule is CC1(C)CN(C([O])=O)C1. The molecular weight excluding hydrogens is 118 g/mol. The Morgan fingerprint density at radius 3 is 2.00 bits per heavy atom. The van der Waals surface area contributed by atoms with Crippen LogP contribution in [0.4, 0.5) is 4.79 Å². The van der Waals surface area contributed by atoms with Crippen LogP contribution < -0.4 is 0 Å². The standard InChI is InChI=1S/C6H10NO2/c1-6(2)3-7(4-6)5(8)9/h3-4H2,1-2H3. The van der Waals surface area contributed by atoms with Crippen LogP contribution in [-0.2, 0) is 5.11 Å². The van der Waals surface area contributed by atoms with Gasteiger partial charge in [-0.1, -0.05) is 13.8 Å². The Kier molecular flexibility index (Phi) is 1.15. The Labute approximate surface area is 54.3 Å². The van der Waals surface area contributed by atoms with Crippen LogP contribution in [0.3, 0.4) is 0 Å². The number of carbonyl (C=O) groups excluding carboxylic acids is 1. The minimum absolute atomic E-state index is 0.181. The molecular formula is C6H10NO2. The summed E-state index contributed by atoms with van der Waals surface area (Å²) < 4.78 is 0. The van der Waals surface area contributed by atoms with Gasteiger partial charge in [-0.25, -0.2) is 9.90 Å². The van der Waals surface area contributed by atoms with Crippen molar-refractivity contribution >= 4 is 6.09 Å². The lowest BCUT2D eigenvalue weighted by atomic mass is 9.85. The van der Waals surface area contributed by atoms with Gasteiger partial charge in [-0.2, -0.15) is 0 Å². The Balaban J connectivity index is 2.35. The maximum Gasteiger partial charge on any atom is 0.453 e. The quantitative estimate of drug-likeness (QED) is 0.477. The summed E-state index contributed by atoms with van der Waals surface area (Å²) in [6.45, 7) is 5.31. The largest absolute Gasteiger partial charge is 0.453 e. The highest BCUT2D eigenvalue weighted by Crippen LogP contribution is 2.28. The minimum atomic E-state index is -1.05. The first-order valence-corrected chi connectivity index (χ1v) is 2.97. The summed E-state index contributed by atoms with van der Waals surface area (Å²) in [6, 6.07) is 0. The van der Waals surface area contributed by atoms with E-state index in [0.29, 0.717) is 13.1 Å². The van der Waals surface area contributed by atoms with Crippen LogP contribution in [0.1, 0.15) is 13.8 Å². The van der Waals surface area contributed by atoms with E-state index in [1.807, 2.05) is 13.8 Å². The second-order valence-electron chi connectivity index (χ2n) is 3.29. The van der Waals surface area contributed by atoms with Gasteiger partial charge >= 0.3 is 6.09 Å². The molecule has 51 valence electrons. The third-order valence-electron chi connectivity index (χ3n) is 1.50. The lowest BCUT2D eigenvalue weighted by Gasteiger charge is -2.43. The van der Waals surface area contributed by atoms with Crippen molar-refractivity contribution in [2.75, 3.05) is 13.1 Å². The summed E-state index contributed by atoms with van der Waals surface area (Å²) in [6.07, 6.45) is -1.05. The summed E-state index contributed by atoms with van der Waals surface area (Å²) in [5.41, 5.74) is 0.181. The van der Waals surface area contributed by atoms with Gasteiger partial charge in [-0.05, 0) is 0 Å². The molecule has 0 spiro atoms. The molecule has 1 heterocycles. The molecule has 0 aromatic rings. The highest BCUT2D eigenvalue weighted by Gasteiger charge is 2.37. The normalized spacial score (nSPS) is 23.1. The molecule has 1 aliphatic heterocycles. The highest BCUT2D eigenvalue weighted by atomic mass is 16.4. The Hall–Kier alpha value is -0.730. The molecule has 0 N–H and O–H groups in total. The van der Waals surface area contributed by atoms with Crippen LogP contribution in [-0.4, -0.2) is 24.1 Å². The molecule has 1 saturated heterocycles. The van der Waals surface area contributed by atoms with Crippen molar-refractivity contribution in [3.8, 4) is 0 Å². The Morgan fingerprint density at radius 2 is 1.89 bits per heavy atom.